The average Bonchev–Trinajstić information content (AvgIpc) is 2.44. The molecule has 0 amide bonds. The molecule has 0 aliphatic rings. The molecule has 0 atom stereocenters. The number of esters is 2. The molecule has 0 unspecified atom stereocenters. The summed E-state index contributed by atoms with van der Waals surface area (Å²) in [5.74, 6) is -0.940. The minimum absolute atomic E-state index is 0.187. The van der Waals surface area contributed by atoms with E-state index in [1.54, 1.807) is 24.3 Å². The maximum absolute atomic E-state index is 11.7. The van der Waals surface area contributed by atoms with Crippen LogP contribution in [0.15, 0.2) is 24.3 Å². The molecular formula is C13H15ClO5. The zero-order valence-corrected chi connectivity index (χ0v) is 11.7. The average molecular weight is 287 g/mol. The number of rotatable bonds is 5. The van der Waals surface area contributed by atoms with Gasteiger partial charge in [0.1, 0.15) is 12.4 Å². The number of ether oxygens (including phenoxy) is 3. The van der Waals surface area contributed by atoms with Gasteiger partial charge in [-0.1, -0.05) is 11.6 Å². The van der Waals surface area contributed by atoms with Gasteiger partial charge in [0.15, 0.2) is 5.41 Å². The first-order valence-corrected chi connectivity index (χ1v) is 5.87. The SMILES string of the molecule is COC(=O)C(C)(COc1ccc(Cl)cc1)C(=O)OC. The van der Waals surface area contributed by atoms with Crippen molar-refractivity contribution in [2.45, 2.75) is 6.92 Å². The summed E-state index contributed by atoms with van der Waals surface area (Å²) in [7, 11) is 2.40. The van der Waals surface area contributed by atoms with E-state index in [0.717, 1.165) is 0 Å². The van der Waals surface area contributed by atoms with Gasteiger partial charge in [0, 0.05) is 5.02 Å². The van der Waals surface area contributed by atoms with Crippen LogP contribution in [-0.4, -0.2) is 32.8 Å². The van der Waals surface area contributed by atoms with Crippen LogP contribution in [0.3, 0.4) is 0 Å². The molecule has 0 saturated carbocycles. The third kappa shape index (κ3) is 3.61. The smallest absolute Gasteiger partial charge is 0.326 e. The third-order valence-corrected chi connectivity index (χ3v) is 2.86. The molecular weight excluding hydrogens is 272 g/mol. The minimum Gasteiger partial charge on any atom is -0.492 e. The Bertz CT molecular complexity index is 439. The van der Waals surface area contributed by atoms with Gasteiger partial charge in [0.2, 0.25) is 0 Å². The van der Waals surface area contributed by atoms with Gasteiger partial charge in [0.25, 0.3) is 0 Å². The lowest BCUT2D eigenvalue weighted by atomic mass is 9.92. The van der Waals surface area contributed by atoms with Crippen LogP contribution in [-0.2, 0) is 19.1 Å². The molecule has 0 N–H and O–H groups in total. The third-order valence-electron chi connectivity index (χ3n) is 2.61. The Balaban J connectivity index is 2.82. The predicted molar refractivity (Wildman–Crippen MR) is 69.1 cm³/mol. The van der Waals surface area contributed by atoms with Crippen LogP contribution in [0.2, 0.25) is 5.02 Å². The standard InChI is InChI=1S/C13H15ClO5/c1-13(11(15)17-2,12(16)18-3)8-19-10-6-4-9(14)5-7-10/h4-7H,8H2,1-3H3. The van der Waals surface area contributed by atoms with Gasteiger partial charge in [-0.15, -0.1) is 0 Å². The molecule has 1 aromatic carbocycles. The van der Waals surface area contributed by atoms with Gasteiger partial charge in [-0.05, 0) is 31.2 Å². The normalized spacial score (nSPS) is 10.7. The second-order valence-corrected chi connectivity index (χ2v) is 4.49. The van der Waals surface area contributed by atoms with Gasteiger partial charge in [-0.2, -0.15) is 0 Å². The van der Waals surface area contributed by atoms with Crippen LogP contribution in [0.1, 0.15) is 6.92 Å². The van der Waals surface area contributed by atoms with Crippen LogP contribution in [0.25, 0.3) is 0 Å². The Hall–Kier alpha value is -1.75. The highest BCUT2D eigenvalue weighted by atomic mass is 35.5. The first-order valence-electron chi connectivity index (χ1n) is 5.49. The van der Waals surface area contributed by atoms with Crippen molar-refractivity contribution in [1.29, 1.82) is 0 Å². The number of hydrogen-bond donors (Lipinski definition) is 0. The first kappa shape index (κ1) is 15.3. The Morgan fingerprint density at radius 1 is 1.11 bits per heavy atom. The maximum Gasteiger partial charge on any atom is 0.326 e. The lowest BCUT2D eigenvalue weighted by Crippen LogP contribution is -2.43. The summed E-state index contributed by atoms with van der Waals surface area (Å²) in [5, 5.41) is 0.566. The Kier molecular flexibility index (Phi) is 5.18. The van der Waals surface area contributed by atoms with Crippen LogP contribution >= 0.6 is 11.6 Å². The molecule has 0 spiro atoms. The van der Waals surface area contributed by atoms with E-state index in [1.807, 2.05) is 0 Å². The summed E-state index contributed by atoms with van der Waals surface area (Å²) in [5.41, 5.74) is -1.51. The van der Waals surface area contributed by atoms with Gasteiger partial charge in [-0.25, -0.2) is 0 Å². The zero-order valence-electron chi connectivity index (χ0n) is 10.9. The summed E-state index contributed by atoms with van der Waals surface area (Å²) in [6, 6.07) is 6.56. The fraction of sp³-hybridized carbons (Fsp3) is 0.385. The number of carbonyl (C=O) groups excluding carboxylic acids is 2. The van der Waals surface area contributed by atoms with Crippen LogP contribution in [0, 0.1) is 5.41 Å². The number of hydrogen-bond acceptors (Lipinski definition) is 5. The van der Waals surface area contributed by atoms with E-state index in [0.29, 0.717) is 10.8 Å². The Morgan fingerprint density at radius 2 is 1.58 bits per heavy atom. The van der Waals surface area contributed by atoms with Gasteiger partial charge in [0.05, 0.1) is 14.2 Å². The highest BCUT2D eigenvalue weighted by Crippen LogP contribution is 2.23. The zero-order chi connectivity index (χ0) is 14.5. The summed E-state index contributed by atoms with van der Waals surface area (Å²) in [6.45, 7) is 1.22. The van der Waals surface area contributed by atoms with Crippen molar-refractivity contribution in [1.82, 2.24) is 0 Å². The topological polar surface area (TPSA) is 61.8 Å². The quantitative estimate of drug-likeness (QED) is 0.612. The van der Waals surface area contributed by atoms with E-state index in [1.165, 1.54) is 21.1 Å². The minimum atomic E-state index is -1.51. The monoisotopic (exact) mass is 286 g/mol. The van der Waals surface area contributed by atoms with E-state index in [-0.39, 0.29) is 6.61 Å². The van der Waals surface area contributed by atoms with Crippen molar-refractivity contribution in [3.63, 3.8) is 0 Å². The fourth-order valence-corrected chi connectivity index (χ4v) is 1.54. The molecule has 0 aromatic heterocycles. The van der Waals surface area contributed by atoms with Gasteiger partial charge in [-0.3, -0.25) is 9.59 Å². The molecule has 0 aliphatic heterocycles. The summed E-state index contributed by atoms with van der Waals surface area (Å²) < 4.78 is 14.6. The molecule has 5 nitrogen and oxygen atoms in total. The van der Waals surface area contributed by atoms with Crippen molar-refractivity contribution in [2.24, 2.45) is 5.41 Å². The van der Waals surface area contributed by atoms with E-state index < -0.39 is 17.4 Å². The predicted octanol–water partition coefficient (Wildman–Crippen LogP) is 2.07. The highest BCUT2D eigenvalue weighted by Gasteiger charge is 2.44. The van der Waals surface area contributed by atoms with Crippen LogP contribution in [0.5, 0.6) is 5.75 Å². The van der Waals surface area contributed by atoms with Crippen molar-refractivity contribution in [3.8, 4) is 5.75 Å². The Morgan fingerprint density at radius 3 is 2.00 bits per heavy atom. The second kappa shape index (κ2) is 6.43. The molecule has 0 saturated heterocycles. The summed E-state index contributed by atoms with van der Waals surface area (Å²) >= 11 is 5.74. The number of carbonyl (C=O) groups is 2. The Labute approximate surface area is 116 Å². The molecule has 19 heavy (non-hydrogen) atoms. The van der Waals surface area contributed by atoms with Gasteiger partial charge < -0.3 is 14.2 Å². The van der Waals surface area contributed by atoms with E-state index in [9.17, 15) is 9.59 Å². The van der Waals surface area contributed by atoms with E-state index >= 15 is 0 Å². The number of methoxy groups -OCH3 is 2. The van der Waals surface area contributed by atoms with Crippen molar-refractivity contribution in [2.75, 3.05) is 20.8 Å². The van der Waals surface area contributed by atoms with Crippen molar-refractivity contribution < 1.29 is 23.8 Å². The maximum atomic E-state index is 11.7. The molecule has 104 valence electrons. The second-order valence-electron chi connectivity index (χ2n) is 4.06. The molecule has 1 rings (SSSR count). The van der Waals surface area contributed by atoms with E-state index in [2.05, 4.69) is 9.47 Å². The lowest BCUT2D eigenvalue weighted by Gasteiger charge is -2.23. The fourth-order valence-electron chi connectivity index (χ4n) is 1.41. The molecule has 0 radical (unpaired) electrons. The molecule has 0 bridgehead atoms. The van der Waals surface area contributed by atoms with Crippen molar-refractivity contribution >= 4 is 23.5 Å². The molecule has 0 heterocycles. The molecule has 6 heteroatoms. The van der Waals surface area contributed by atoms with Crippen molar-refractivity contribution in [3.05, 3.63) is 29.3 Å². The highest BCUT2D eigenvalue weighted by molar-refractivity contribution is 6.30. The van der Waals surface area contributed by atoms with Gasteiger partial charge >= 0.3 is 11.9 Å². The molecule has 0 fully saturated rings. The van der Waals surface area contributed by atoms with Crippen LogP contribution in [0.4, 0.5) is 0 Å². The lowest BCUT2D eigenvalue weighted by molar-refractivity contribution is -0.169. The number of benzene rings is 1. The number of halogens is 1. The largest absolute Gasteiger partial charge is 0.492 e. The van der Waals surface area contributed by atoms with Crippen LogP contribution < -0.4 is 4.74 Å². The molecule has 1 aromatic rings. The first-order chi connectivity index (χ1) is 8.93. The van der Waals surface area contributed by atoms with E-state index in [4.69, 9.17) is 16.3 Å². The summed E-state index contributed by atoms with van der Waals surface area (Å²) in [6.07, 6.45) is 0. The molecule has 0 aliphatic carbocycles. The summed E-state index contributed by atoms with van der Waals surface area (Å²) in [4.78, 5) is 23.4.